The van der Waals surface area contributed by atoms with Crippen molar-refractivity contribution < 1.29 is 13.9 Å². The Balaban J connectivity index is 2.49. The molecule has 0 aliphatic rings. The Hall–Kier alpha value is -1.94. The Labute approximate surface area is 119 Å². The molecule has 4 heteroatoms. The predicted molar refractivity (Wildman–Crippen MR) is 78.6 cm³/mol. The summed E-state index contributed by atoms with van der Waals surface area (Å²) >= 11 is 0. The van der Waals surface area contributed by atoms with E-state index in [1.807, 2.05) is 32.2 Å². The van der Waals surface area contributed by atoms with E-state index in [-0.39, 0.29) is 6.04 Å². The zero-order valence-electron chi connectivity index (χ0n) is 12.6. The van der Waals surface area contributed by atoms with Gasteiger partial charge in [-0.05, 0) is 50.2 Å². The van der Waals surface area contributed by atoms with Gasteiger partial charge in [0.15, 0.2) is 11.5 Å². The van der Waals surface area contributed by atoms with Crippen molar-refractivity contribution in [1.29, 1.82) is 0 Å². The first-order valence-corrected chi connectivity index (χ1v) is 6.55. The van der Waals surface area contributed by atoms with Gasteiger partial charge in [-0.3, -0.25) is 0 Å². The quantitative estimate of drug-likeness (QED) is 0.910. The Kier molecular flexibility index (Phi) is 4.35. The monoisotopic (exact) mass is 275 g/mol. The summed E-state index contributed by atoms with van der Waals surface area (Å²) in [5.74, 6) is 2.37. The van der Waals surface area contributed by atoms with Crippen LogP contribution in [0, 0.1) is 13.8 Å². The lowest BCUT2D eigenvalue weighted by atomic mass is 9.96. The topological polar surface area (TPSA) is 43.6 Å². The highest BCUT2D eigenvalue weighted by Crippen LogP contribution is 2.35. The Morgan fingerprint density at radius 2 is 1.70 bits per heavy atom. The van der Waals surface area contributed by atoms with E-state index >= 15 is 0 Å². The largest absolute Gasteiger partial charge is 0.493 e. The minimum atomic E-state index is 0.0623. The lowest BCUT2D eigenvalue weighted by Crippen LogP contribution is -2.18. The van der Waals surface area contributed by atoms with Crippen molar-refractivity contribution in [3.05, 3.63) is 46.9 Å². The fraction of sp³-hybridized carbons (Fsp3) is 0.375. The second-order valence-corrected chi connectivity index (χ2v) is 4.78. The van der Waals surface area contributed by atoms with E-state index in [1.54, 1.807) is 20.5 Å². The fourth-order valence-electron chi connectivity index (χ4n) is 2.42. The Morgan fingerprint density at radius 1 is 1.05 bits per heavy atom. The van der Waals surface area contributed by atoms with Gasteiger partial charge in [0, 0.05) is 5.56 Å². The first-order chi connectivity index (χ1) is 9.60. The van der Waals surface area contributed by atoms with Crippen molar-refractivity contribution in [1.82, 2.24) is 5.32 Å². The number of hydrogen-bond acceptors (Lipinski definition) is 4. The number of furan rings is 1. The number of benzene rings is 1. The average molecular weight is 275 g/mol. The van der Waals surface area contributed by atoms with E-state index in [2.05, 4.69) is 12.2 Å². The first kappa shape index (κ1) is 14.5. The van der Waals surface area contributed by atoms with E-state index in [1.165, 1.54) is 0 Å². The van der Waals surface area contributed by atoms with Crippen LogP contribution in [-0.4, -0.2) is 21.3 Å². The normalized spacial score (nSPS) is 12.2. The van der Waals surface area contributed by atoms with Crippen LogP contribution in [0.3, 0.4) is 0 Å². The molecular weight excluding hydrogens is 254 g/mol. The van der Waals surface area contributed by atoms with Gasteiger partial charge >= 0.3 is 0 Å². The van der Waals surface area contributed by atoms with Crippen LogP contribution in [0.15, 0.2) is 28.9 Å². The summed E-state index contributed by atoms with van der Waals surface area (Å²) in [5, 5.41) is 3.32. The van der Waals surface area contributed by atoms with Crippen molar-refractivity contribution in [2.75, 3.05) is 21.3 Å². The van der Waals surface area contributed by atoms with Crippen molar-refractivity contribution in [2.45, 2.75) is 19.9 Å². The third-order valence-electron chi connectivity index (χ3n) is 3.46. The molecule has 1 N–H and O–H groups in total. The van der Waals surface area contributed by atoms with Gasteiger partial charge in [0.05, 0.1) is 26.5 Å². The van der Waals surface area contributed by atoms with E-state index in [0.29, 0.717) is 0 Å². The second-order valence-electron chi connectivity index (χ2n) is 4.78. The third-order valence-corrected chi connectivity index (χ3v) is 3.46. The molecule has 0 fully saturated rings. The molecule has 1 heterocycles. The van der Waals surface area contributed by atoms with Gasteiger partial charge in [-0.2, -0.15) is 0 Å². The lowest BCUT2D eigenvalue weighted by Gasteiger charge is -2.20. The minimum absolute atomic E-state index is 0.0623. The number of aryl methyl sites for hydroxylation is 2. The molecule has 1 aromatic carbocycles. The number of methoxy groups -OCH3 is 2. The molecule has 2 aromatic rings. The van der Waals surface area contributed by atoms with Gasteiger partial charge in [-0.25, -0.2) is 0 Å². The molecule has 0 aliphatic carbocycles. The molecule has 0 bridgehead atoms. The Morgan fingerprint density at radius 3 is 2.20 bits per heavy atom. The number of rotatable bonds is 5. The molecule has 2 rings (SSSR count). The maximum absolute atomic E-state index is 5.41. The van der Waals surface area contributed by atoms with Crippen LogP contribution in [-0.2, 0) is 0 Å². The first-order valence-electron chi connectivity index (χ1n) is 6.55. The molecule has 0 saturated heterocycles. The molecular formula is C16H21NO3. The van der Waals surface area contributed by atoms with Gasteiger partial charge in [-0.15, -0.1) is 0 Å². The maximum Gasteiger partial charge on any atom is 0.161 e. The van der Waals surface area contributed by atoms with E-state index in [9.17, 15) is 0 Å². The molecule has 108 valence electrons. The maximum atomic E-state index is 5.41. The second kappa shape index (κ2) is 6.01. The fourth-order valence-corrected chi connectivity index (χ4v) is 2.42. The molecule has 0 radical (unpaired) electrons. The molecule has 0 saturated carbocycles. The number of ether oxygens (including phenoxy) is 2. The zero-order valence-corrected chi connectivity index (χ0v) is 12.6. The van der Waals surface area contributed by atoms with Crippen molar-refractivity contribution in [3.63, 3.8) is 0 Å². The molecule has 1 aromatic heterocycles. The SMILES string of the molecule is CNC(c1coc(C)c1)c1cc(OC)c(OC)cc1C. The zero-order chi connectivity index (χ0) is 14.7. The van der Waals surface area contributed by atoms with Gasteiger partial charge in [0.25, 0.3) is 0 Å². The van der Waals surface area contributed by atoms with Gasteiger partial charge in [0.1, 0.15) is 5.76 Å². The summed E-state index contributed by atoms with van der Waals surface area (Å²) in [6.07, 6.45) is 1.78. The van der Waals surface area contributed by atoms with Crippen LogP contribution in [0.1, 0.15) is 28.5 Å². The summed E-state index contributed by atoms with van der Waals surface area (Å²) in [4.78, 5) is 0. The third kappa shape index (κ3) is 2.65. The summed E-state index contributed by atoms with van der Waals surface area (Å²) < 4.78 is 16.1. The molecule has 4 nitrogen and oxygen atoms in total. The Bertz CT molecular complexity index is 589. The molecule has 0 amide bonds. The molecule has 20 heavy (non-hydrogen) atoms. The summed E-state index contributed by atoms with van der Waals surface area (Å²) in [7, 11) is 5.22. The van der Waals surface area contributed by atoms with Crippen molar-refractivity contribution >= 4 is 0 Å². The highest BCUT2D eigenvalue weighted by molar-refractivity contribution is 5.49. The smallest absolute Gasteiger partial charge is 0.161 e. The molecule has 1 atom stereocenters. The van der Waals surface area contributed by atoms with Crippen molar-refractivity contribution in [2.24, 2.45) is 0 Å². The molecule has 1 unspecified atom stereocenters. The standard InChI is InChI=1S/C16H21NO3/c1-10-6-14(18-4)15(19-5)8-13(10)16(17-3)12-7-11(2)20-9-12/h6-9,16-17H,1-5H3. The number of nitrogens with one attached hydrogen (secondary N) is 1. The molecule has 0 aliphatic heterocycles. The van der Waals surface area contributed by atoms with E-state index in [4.69, 9.17) is 13.9 Å². The van der Waals surface area contributed by atoms with Gasteiger partial charge in [0.2, 0.25) is 0 Å². The van der Waals surface area contributed by atoms with Crippen LogP contribution in [0.5, 0.6) is 11.5 Å². The van der Waals surface area contributed by atoms with Gasteiger partial charge in [-0.1, -0.05) is 0 Å². The van der Waals surface area contributed by atoms with Crippen molar-refractivity contribution in [3.8, 4) is 11.5 Å². The molecule has 0 spiro atoms. The van der Waals surface area contributed by atoms with Crippen LogP contribution in [0.2, 0.25) is 0 Å². The highest BCUT2D eigenvalue weighted by atomic mass is 16.5. The minimum Gasteiger partial charge on any atom is -0.493 e. The lowest BCUT2D eigenvalue weighted by molar-refractivity contribution is 0.354. The van der Waals surface area contributed by atoms with Gasteiger partial charge < -0.3 is 19.2 Å². The summed E-state index contributed by atoms with van der Waals surface area (Å²) in [5.41, 5.74) is 3.38. The van der Waals surface area contributed by atoms with Crippen LogP contribution in [0.25, 0.3) is 0 Å². The van der Waals surface area contributed by atoms with E-state index < -0.39 is 0 Å². The van der Waals surface area contributed by atoms with E-state index in [0.717, 1.165) is 33.9 Å². The van der Waals surface area contributed by atoms with Crippen LogP contribution < -0.4 is 14.8 Å². The summed E-state index contributed by atoms with van der Waals surface area (Å²) in [6.45, 7) is 4.01. The summed E-state index contributed by atoms with van der Waals surface area (Å²) in [6, 6.07) is 6.10. The predicted octanol–water partition coefficient (Wildman–Crippen LogP) is 3.22. The van der Waals surface area contributed by atoms with Crippen LogP contribution >= 0.6 is 0 Å². The number of hydrogen-bond donors (Lipinski definition) is 1. The highest BCUT2D eigenvalue weighted by Gasteiger charge is 2.19. The van der Waals surface area contributed by atoms with Crippen LogP contribution in [0.4, 0.5) is 0 Å². The average Bonchev–Trinajstić information content (AvgIpc) is 2.87.